The number of fused-ring (bicyclic) bond motifs is 1. The minimum atomic E-state index is -0.642. The van der Waals surface area contributed by atoms with Crippen molar-refractivity contribution in [2.75, 3.05) is 18.5 Å². The lowest BCUT2D eigenvalue weighted by molar-refractivity contribution is -0.118. The van der Waals surface area contributed by atoms with Crippen molar-refractivity contribution in [1.29, 1.82) is 0 Å². The van der Waals surface area contributed by atoms with Crippen molar-refractivity contribution in [1.82, 2.24) is 4.98 Å². The van der Waals surface area contributed by atoms with Crippen LogP contribution in [0.4, 0.5) is 14.6 Å². The zero-order valence-electron chi connectivity index (χ0n) is 19.8. The number of hydrogen-bond acceptors (Lipinski definition) is 6. The molecule has 2 aromatic carbocycles. The van der Waals surface area contributed by atoms with Gasteiger partial charge in [0.25, 0.3) is 0 Å². The number of anilines is 1. The summed E-state index contributed by atoms with van der Waals surface area (Å²) in [6.45, 7) is 0.622. The van der Waals surface area contributed by atoms with Crippen LogP contribution in [0.25, 0.3) is 5.57 Å². The van der Waals surface area contributed by atoms with Gasteiger partial charge in [0, 0.05) is 42.8 Å². The van der Waals surface area contributed by atoms with E-state index >= 15 is 0 Å². The van der Waals surface area contributed by atoms with E-state index in [-0.39, 0.29) is 30.3 Å². The van der Waals surface area contributed by atoms with Crippen molar-refractivity contribution >= 4 is 23.0 Å². The molecular weight excluding hydrogens is 478 g/mol. The first-order valence-electron chi connectivity index (χ1n) is 12.0. The molecule has 0 bridgehead atoms. The number of rotatable bonds is 8. The average molecular weight is 503 g/mol. The van der Waals surface area contributed by atoms with Crippen molar-refractivity contribution in [2.45, 2.75) is 25.2 Å². The minimum Gasteiger partial charge on any atom is -0.454 e. The quantitative estimate of drug-likeness (QED) is 0.415. The summed E-state index contributed by atoms with van der Waals surface area (Å²) >= 11 is 0. The molecule has 2 N–H and O–H groups in total. The van der Waals surface area contributed by atoms with E-state index in [1.807, 2.05) is 0 Å². The number of aromatic nitrogens is 1. The van der Waals surface area contributed by atoms with Gasteiger partial charge in [-0.05, 0) is 54.3 Å². The van der Waals surface area contributed by atoms with Gasteiger partial charge in [-0.1, -0.05) is 30.4 Å². The van der Waals surface area contributed by atoms with Crippen LogP contribution in [0.5, 0.6) is 11.5 Å². The van der Waals surface area contributed by atoms with Gasteiger partial charge in [-0.25, -0.2) is 13.8 Å². The van der Waals surface area contributed by atoms with E-state index in [9.17, 15) is 23.5 Å². The van der Waals surface area contributed by atoms with Crippen LogP contribution in [-0.4, -0.2) is 34.8 Å². The number of carbonyl (C=O) groups excluding carboxylic acids is 2. The number of ketones is 2. The number of ether oxygens (including phenoxy) is 1. The highest BCUT2D eigenvalue weighted by Gasteiger charge is 2.28. The standard InChI is InChI=1S/C29H24F2N2O4/c30-20-7-5-18(6-8-20)21-2-1-3-22(28(21)36)24(35)15-17-4-9-25(23(31)14-17)37-26-10-12-32-29-27(26)19(11-13-34)16-33-29/h2-10,12,14,19,34H,1,11,13,15-16H2,(H,32,33). The zero-order chi connectivity index (χ0) is 25.9. The highest BCUT2D eigenvalue weighted by Crippen LogP contribution is 2.41. The zero-order valence-corrected chi connectivity index (χ0v) is 19.8. The Kier molecular flexibility index (Phi) is 6.92. The average Bonchev–Trinajstić information content (AvgIpc) is 3.30. The van der Waals surface area contributed by atoms with Crippen LogP contribution < -0.4 is 10.1 Å². The summed E-state index contributed by atoms with van der Waals surface area (Å²) in [5.41, 5.74) is 2.12. The van der Waals surface area contributed by atoms with Gasteiger partial charge >= 0.3 is 0 Å². The Labute approximate surface area is 212 Å². The Balaban J connectivity index is 1.29. The molecule has 0 saturated heterocycles. The Morgan fingerprint density at radius 3 is 2.65 bits per heavy atom. The Hall–Kier alpha value is -4.17. The topological polar surface area (TPSA) is 88.5 Å². The maximum Gasteiger partial charge on any atom is 0.196 e. The van der Waals surface area contributed by atoms with Crippen molar-refractivity contribution in [3.8, 4) is 11.5 Å². The number of aliphatic hydroxyl groups excluding tert-OH is 1. The van der Waals surface area contributed by atoms with Crippen molar-refractivity contribution in [2.24, 2.45) is 0 Å². The lowest BCUT2D eigenvalue weighted by atomic mass is 9.88. The second kappa shape index (κ2) is 10.4. The lowest BCUT2D eigenvalue weighted by Crippen LogP contribution is -2.18. The van der Waals surface area contributed by atoms with Gasteiger partial charge in [-0.15, -0.1) is 0 Å². The molecule has 5 rings (SSSR count). The summed E-state index contributed by atoms with van der Waals surface area (Å²) in [4.78, 5) is 30.2. The van der Waals surface area contributed by atoms with Crippen molar-refractivity contribution < 1.29 is 28.2 Å². The fraction of sp³-hybridized carbons (Fsp3) is 0.207. The monoisotopic (exact) mass is 502 g/mol. The fourth-order valence-corrected chi connectivity index (χ4v) is 4.68. The van der Waals surface area contributed by atoms with Crippen LogP contribution in [0.1, 0.15) is 35.4 Å². The molecule has 2 heterocycles. The van der Waals surface area contributed by atoms with E-state index in [1.54, 1.807) is 30.5 Å². The first-order chi connectivity index (χ1) is 17.9. The van der Waals surface area contributed by atoms with Crippen LogP contribution in [-0.2, 0) is 16.0 Å². The normalized spacial score (nSPS) is 16.5. The molecule has 1 aromatic heterocycles. The van der Waals surface area contributed by atoms with Gasteiger partial charge in [0.05, 0.1) is 5.57 Å². The number of allylic oxidation sites excluding steroid dienone is 4. The molecule has 0 spiro atoms. The van der Waals surface area contributed by atoms with E-state index < -0.39 is 23.2 Å². The highest BCUT2D eigenvalue weighted by atomic mass is 19.1. The van der Waals surface area contributed by atoms with Crippen LogP contribution in [0, 0.1) is 11.6 Å². The van der Waals surface area contributed by atoms with Gasteiger partial charge in [-0.2, -0.15) is 0 Å². The summed E-state index contributed by atoms with van der Waals surface area (Å²) in [5, 5.41) is 12.5. The van der Waals surface area contributed by atoms with E-state index in [2.05, 4.69) is 10.3 Å². The second-order valence-corrected chi connectivity index (χ2v) is 8.94. The molecule has 0 radical (unpaired) electrons. The molecule has 3 aromatic rings. The van der Waals surface area contributed by atoms with E-state index in [4.69, 9.17) is 4.74 Å². The Bertz CT molecular complexity index is 1430. The lowest BCUT2D eigenvalue weighted by Gasteiger charge is -2.15. The van der Waals surface area contributed by atoms with Crippen LogP contribution in [0.3, 0.4) is 0 Å². The van der Waals surface area contributed by atoms with E-state index in [1.165, 1.54) is 36.4 Å². The maximum atomic E-state index is 15.0. The van der Waals surface area contributed by atoms with Gasteiger partial charge in [0.15, 0.2) is 23.1 Å². The molecule has 1 aliphatic carbocycles. The molecule has 2 aliphatic rings. The highest BCUT2D eigenvalue weighted by molar-refractivity contribution is 6.39. The molecule has 6 nitrogen and oxygen atoms in total. The Morgan fingerprint density at radius 2 is 1.89 bits per heavy atom. The number of aliphatic hydroxyl groups is 1. The third-order valence-corrected chi connectivity index (χ3v) is 6.52. The van der Waals surface area contributed by atoms with E-state index in [0.29, 0.717) is 47.7 Å². The maximum absolute atomic E-state index is 15.0. The molecule has 188 valence electrons. The first kappa shape index (κ1) is 24.5. The van der Waals surface area contributed by atoms with Crippen molar-refractivity contribution in [3.05, 3.63) is 101 Å². The number of benzene rings is 2. The number of hydrogen-bond donors (Lipinski definition) is 2. The number of carbonyl (C=O) groups is 2. The predicted octanol–water partition coefficient (Wildman–Crippen LogP) is 5.14. The van der Waals surface area contributed by atoms with E-state index in [0.717, 1.165) is 5.56 Å². The smallest absolute Gasteiger partial charge is 0.196 e. The summed E-state index contributed by atoms with van der Waals surface area (Å²) < 4.78 is 34.1. The molecule has 8 heteroatoms. The first-order valence-corrected chi connectivity index (χ1v) is 12.0. The van der Waals surface area contributed by atoms with Gasteiger partial charge in [0.1, 0.15) is 17.4 Å². The molecule has 1 unspecified atom stereocenters. The molecular formula is C29H24F2N2O4. The predicted molar refractivity (Wildman–Crippen MR) is 134 cm³/mol. The summed E-state index contributed by atoms with van der Waals surface area (Å²) in [6.07, 6.45) is 5.60. The number of nitrogens with one attached hydrogen (secondary N) is 1. The molecule has 1 aliphatic heterocycles. The van der Waals surface area contributed by atoms with Gasteiger partial charge in [-0.3, -0.25) is 9.59 Å². The van der Waals surface area contributed by atoms with Crippen molar-refractivity contribution in [3.63, 3.8) is 0 Å². The second-order valence-electron chi connectivity index (χ2n) is 8.94. The molecule has 0 saturated carbocycles. The fourth-order valence-electron chi connectivity index (χ4n) is 4.68. The third kappa shape index (κ3) is 5.06. The summed E-state index contributed by atoms with van der Waals surface area (Å²) in [5.74, 6) is -0.809. The SMILES string of the molecule is O=C(Cc1ccc(Oc2ccnc3c2C(CCO)CN3)c(F)c1)C1=CCC=C(c2ccc(F)cc2)C1=O. The largest absolute Gasteiger partial charge is 0.454 e. The molecule has 37 heavy (non-hydrogen) atoms. The van der Waals surface area contributed by atoms with Gasteiger partial charge in [0.2, 0.25) is 0 Å². The number of pyridine rings is 1. The summed E-state index contributed by atoms with van der Waals surface area (Å²) in [6, 6.07) is 11.4. The minimum absolute atomic E-state index is 0.00110. The van der Waals surface area contributed by atoms with Crippen LogP contribution >= 0.6 is 0 Å². The number of halogens is 2. The molecule has 1 atom stereocenters. The number of Topliss-reactive ketones (excluding diaryl/α,β-unsaturated/α-hetero) is 2. The molecule has 0 fully saturated rings. The van der Waals surface area contributed by atoms with Gasteiger partial charge < -0.3 is 15.2 Å². The summed E-state index contributed by atoms with van der Waals surface area (Å²) in [7, 11) is 0. The number of nitrogens with zero attached hydrogens (tertiary/aromatic N) is 1. The van der Waals surface area contributed by atoms with Crippen LogP contribution in [0.2, 0.25) is 0 Å². The van der Waals surface area contributed by atoms with Crippen LogP contribution in [0.15, 0.2) is 72.5 Å². The third-order valence-electron chi connectivity index (χ3n) is 6.52. The Morgan fingerprint density at radius 1 is 1.08 bits per heavy atom. The molecule has 0 amide bonds.